The number of aromatic nitrogens is 1. The largest absolute Gasteiger partial charge is 0.493 e. The van der Waals surface area contributed by atoms with Crippen molar-refractivity contribution >= 4 is 44.8 Å². The molecule has 0 aliphatic rings. The average Bonchev–Trinajstić information content (AvgIpc) is 3.10. The predicted molar refractivity (Wildman–Crippen MR) is 113 cm³/mol. The van der Waals surface area contributed by atoms with Gasteiger partial charge in [-0.05, 0) is 42.8 Å². The molecule has 0 bridgehead atoms. The van der Waals surface area contributed by atoms with Crippen LogP contribution < -0.4 is 20.2 Å². The number of ether oxygens (including phenoxy) is 2. The first-order valence-corrected chi connectivity index (χ1v) is 9.59. The first-order chi connectivity index (χ1) is 14.0. The van der Waals surface area contributed by atoms with Gasteiger partial charge in [0.15, 0.2) is 16.6 Å². The second-order valence-corrected chi connectivity index (χ2v) is 7.12. The highest BCUT2D eigenvalue weighted by atomic mass is 32.1. The fourth-order valence-electron chi connectivity index (χ4n) is 2.46. The maximum absolute atomic E-state index is 12.3. The lowest BCUT2D eigenvalue weighted by Crippen LogP contribution is -2.34. The molecule has 29 heavy (non-hydrogen) atoms. The Balaban J connectivity index is 1.59. The lowest BCUT2D eigenvalue weighted by Gasteiger charge is -2.10. The molecule has 8 nitrogen and oxygen atoms in total. The molecule has 150 valence electrons. The minimum atomic E-state index is -0.520. The summed E-state index contributed by atoms with van der Waals surface area (Å²) >= 11 is 1.48. The molecule has 0 saturated carbocycles. The molecular formula is C20H20N4O4S. The number of rotatable bonds is 7. The number of esters is 1. The van der Waals surface area contributed by atoms with Gasteiger partial charge in [-0.2, -0.15) is 5.10 Å². The summed E-state index contributed by atoms with van der Waals surface area (Å²) in [5.41, 5.74) is 4.04. The first-order valence-electron chi connectivity index (χ1n) is 8.77. The molecular weight excluding hydrogens is 392 g/mol. The zero-order valence-electron chi connectivity index (χ0n) is 16.1. The molecule has 1 heterocycles. The van der Waals surface area contributed by atoms with Crippen LogP contribution in [0.15, 0.2) is 47.6 Å². The van der Waals surface area contributed by atoms with E-state index in [2.05, 4.69) is 20.8 Å². The molecule has 2 N–H and O–H groups in total. The molecule has 3 aromatic rings. The second kappa shape index (κ2) is 9.16. The van der Waals surface area contributed by atoms with Crippen molar-refractivity contribution in [3.05, 3.63) is 48.0 Å². The van der Waals surface area contributed by atoms with Crippen molar-refractivity contribution in [3.8, 4) is 11.5 Å². The summed E-state index contributed by atoms with van der Waals surface area (Å²) in [6.07, 6.45) is 1.47. The van der Waals surface area contributed by atoms with Crippen molar-refractivity contribution in [2.75, 3.05) is 12.4 Å². The molecule has 2 aromatic carbocycles. The lowest BCUT2D eigenvalue weighted by atomic mass is 10.2. The van der Waals surface area contributed by atoms with E-state index in [1.165, 1.54) is 31.6 Å². The molecule has 0 radical (unpaired) electrons. The first kappa shape index (κ1) is 20.3. The van der Waals surface area contributed by atoms with Gasteiger partial charge < -0.3 is 14.8 Å². The van der Waals surface area contributed by atoms with Gasteiger partial charge in [-0.15, -0.1) is 0 Å². The number of benzene rings is 2. The number of carbonyl (C=O) groups is 2. The van der Waals surface area contributed by atoms with E-state index in [0.717, 1.165) is 10.2 Å². The van der Waals surface area contributed by atoms with Gasteiger partial charge in [-0.3, -0.25) is 9.59 Å². The number of fused-ring (bicyclic) bond motifs is 1. The summed E-state index contributed by atoms with van der Waals surface area (Å²) in [6.45, 7) is 3.04. The maximum atomic E-state index is 12.3. The van der Waals surface area contributed by atoms with Crippen molar-refractivity contribution < 1.29 is 19.1 Å². The number of nitrogens with one attached hydrogen (secondary N) is 2. The van der Waals surface area contributed by atoms with E-state index in [1.54, 1.807) is 25.1 Å². The van der Waals surface area contributed by atoms with Crippen LogP contribution in [0.4, 0.5) is 5.13 Å². The highest BCUT2D eigenvalue weighted by Crippen LogP contribution is 2.28. The molecule has 3 rings (SSSR count). The number of methoxy groups -OCH3 is 1. The number of hydrazone groups is 1. The number of carbonyl (C=O) groups excluding carboxylic acids is 2. The van der Waals surface area contributed by atoms with Crippen LogP contribution in [0, 0.1) is 0 Å². The Morgan fingerprint density at radius 2 is 2.00 bits per heavy atom. The van der Waals surface area contributed by atoms with Gasteiger partial charge in [-0.1, -0.05) is 23.5 Å². The third-order valence-corrected chi connectivity index (χ3v) is 4.82. The maximum Gasteiger partial charge on any atom is 0.308 e. The van der Waals surface area contributed by atoms with E-state index in [4.69, 9.17) is 9.47 Å². The number of hydrogen-bond acceptors (Lipinski definition) is 8. The van der Waals surface area contributed by atoms with Gasteiger partial charge in [-0.25, -0.2) is 10.4 Å². The standard InChI is InChI=1S/C20H20N4O4S/c1-12(22-20-23-15-6-4-5-7-18(15)29-20)19(26)24-21-11-14-8-9-16(28-13(2)25)17(10-14)27-3/h4-12H,1-3H3,(H,22,23)(H,24,26)/b21-11-/t12-/m0/s1. The molecule has 0 saturated heterocycles. The van der Waals surface area contributed by atoms with E-state index in [-0.39, 0.29) is 5.91 Å². The highest BCUT2D eigenvalue weighted by Gasteiger charge is 2.14. The van der Waals surface area contributed by atoms with E-state index in [9.17, 15) is 9.59 Å². The van der Waals surface area contributed by atoms with Gasteiger partial charge in [0, 0.05) is 6.92 Å². The van der Waals surface area contributed by atoms with Crippen molar-refractivity contribution in [2.45, 2.75) is 19.9 Å². The average molecular weight is 412 g/mol. The summed E-state index contributed by atoms with van der Waals surface area (Å²) < 4.78 is 11.3. The Morgan fingerprint density at radius 1 is 1.21 bits per heavy atom. The Labute approximate surface area is 171 Å². The number of anilines is 1. The smallest absolute Gasteiger partial charge is 0.308 e. The Morgan fingerprint density at radius 3 is 2.72 bits per heavy atom. The Bertz CT molecular complexity index is 1030. The predicted octanol–water partition coefficient (Wildman–Crippen LogP) is 3.18. The van der Waals surface area contributed by atoms with Gasteiger partial charge in [0.05, 0.1) is 23.5 Å². The minimum Gasteiger partial charge on any atom is -0.493 e. The van der Waals surface area contributed by atoms with Crippen molar-refractivity contribution in [2.24, 2.45) is 5.10 Å². The second-order valence-electron chi connectivity index (χ2n) is 6.09. The number of amides is 1. The number of nitrogens with zero attached hydrogens (tertiary/aromatic N) is 2. The molecule has 0 aliphatic heterocycles. The van der Waals surface area contributed by atoms with Crippen LogP contribution in [0.2, 0.25) is 0 Å². The summed E-state index contributed by atoms with van der Waals surface area (Å²) in [5.74, 6) is -0.0354. The molecule has 9 heteroatoms. The fourth-order valence-corrected chi connectivity index (χ4v) is 3.41. The zero-order valence-corrected chi connectivity index (χ0v) is 16.9. The third-order valence-electron chi connectivity index (χ3n) is 3.86. The van der Waals surface area contributed by atoms with Crippen molar-refractivity contribution in [1.29, 1.82) is 0 Å². The Hall–Kier alpha value is -3.46. The van der Waals surface area contributed by atoms with E-state index in [1.807, 2.05) is 24.3 Å². The summed E-state index contributed by atoms with van der Waals surface area (Å²) in [7, 11) is 1.47. The van der Waals surface area contributed by atoms with Crippen LogP contribution in [-0.2, 0) is 9.59 Å². The summed E-state index contributed by atoms with van der Waals surface area (Å²) in [5, 5.41) is 7.71. The van der Waals surface area contributed by atoms with Crippen LogP contribution in [-0.4, -0.2) is 36.2 Å². The number of hydrogen-bond donors (Lipinski definition) is 2. The quantitative estimate of drug-likeness (QED) is 0.267. The van der Waals surface area contributed by atoms with E-state index < -0.39 is 12.0 Å². The molecule has 0 aliphatic carbocycles. The van der Waals surface area contributed by atoms with E-state index >= 15 is 0 Å². The number of thiazole rings is 1. The van der Waals surface area contributed by atoms with Gasteiger partial charge >= 0.3 is 5.97 Å². The van der Waals surface area contributed by atoms with Crippen LogP contribution in [0.5, 0.6) is 11.5 Å². The van der Waals surface area contributed by atoms with Gasteiger partial charge in [0.25, 0.3) is 5.91 Å². The van der Waals surface area contributed by atoms with Crippen molar-refractivity contribution in [1.82, 2.24) is 10.4 Å². The van der Waals surface area contributed by atoms with Crippen LogP contribution in [0.3, 0.4) is 0 Å². The molecule has 0 spiro atoms. The molecule has 0 fully saturated rings. The number of para-hydroxylation sites is 1. The summed E-state index contributed by atoms with van der Waals surface area (Å²) in [6, 6.07) is 12.2. The van der Waals surface area contributed by atoms with Gasteiger partial charge in [0.1, 0.15) is 6.04 Å². The lowest BCUT2D eigenvalue weighted by molar-refractivity contribution is -0.132. The van der Waals surface area contributed by atoms with Crippen molar-refractivity contribution in [3.63, 3.8) is 0 Å². The van der Waals surface area contributed by atoms with Gasteiger partial charge in [0.2, 0.25) is 0 Å². The Kier molecular flexibility index (Phi) is 6.40. The topological polar surface area (TPSA) is 102 Å². The van der Waals surface area contributed by atoms with Crippen LogP contribution in [0.25, 0.3) is 10.2 Å². The molecule has 1 amide bonds. The molecule has 0 unspecified atom stereocenters. The molecule has 1 aromatic heterocycles. The van der Waals surface area contributed by atoms with Crippen LogP contribution in [0.1, 0.15) is 19.4 Å². The van der Waals surface area contributed by atoms with E-state index in [0.29, 0.717) is 22.2 Å². The highest BCUT2D eigenvalue weighted by molar-refractivity contribution is 7.22. The monoisotopic (exact) mass is 412 g/mol. The van der Waals surface area contributed by atoms with Crippen LogP contribution >= 0.6 is 11.3 Å². The SMILES string of the molecule is COc1cc(/C=N\NC(=O)[C@H](C)Nc2nc3ccccc3s2)ccc1OC(C)=O. The third kappa shape index (κ3) is 5.29. The zero-order chi connectivity index (χ0) is 20.8. The fraction of sp³-hybridized carbons (Fsp3) is 0.200. The minimum absolute atomic E-state index is 0.302. The molecule has 1 atom stereocenters. The normalized spacial score (nSPS) is 12.0. The summed E-state index contributed by atoms with van der Waals surface area (Å²) in [4.78, 5) is 27.8.